The molecule has 0 fully saturated rings. The van der Waals surface area contributed by atoms with Crippen LogP contribution in [0.15, 0.2) is 48.5 Å². The molecule has 0 unspecified atom stereocenters. The van der Waals surface area contributed by atoms with Crippen molar-refractivity contribution < 1.29 is 14.4 Å². The number of nitrogens with one attached hydrogen (secondary N) is 2. The van der Waals surface area contributed by atoms with E-state index >= 15 is 0 Å². The second kappa shape index (κ2) is 7.84. The Hall–Kier alpha value is -3.15. The summed E-state index contributed by atoms with van der Waals surface area (Å²) >= 11 is 0. The molecule has 0 bridgehead atoms. The maximum Gasteiger partial charge on any atom is 0.239 e. The van der Waals surface area contributed by atoms with E-state index in [1.807, 2.05) is 18.2 Å². The van der Waals surface area contributed by atoms with E-state index in [1.54, 1.807) is 43.0 Å². The second-order valence-electron chi connectivity index (χ2n) is 7.58. The monoisotopic (exact) mass is 379 g/mol. The number of carbonyl (C=O) groups excluding carboxylic acids is 3. The van der Waals surface area contributed by atoms with Gasteiger partial charge in [0.15, 0.2) is 0 Å². The predicted octanol–water partition coefficient (Wildman–Crippen LogP) is 3.19. The number of hydrogen-bond donors (Lipinski definition) is 2. The van der Waals surface area contributed by atoms with Gasteiger partial charge in [-0.25, -0.2) is 0 Å². The zero-order valence-electron chi connectivity index (χ0n) is 16.4. The summed E-state index contributed by atoms with van der Waals surface area (Å²) < 4.78 is 0. The molecule has 146 valence electrons. The highest BCUT2D eigenvalue weighted by Gasteiger charge is 2.40. The van der Waals surface area contributed by atoms with Gasteiger partial charge in [-0.3, -0.25) is 14.4 Å². The topological polar surface area (TPSA) is 78.5 Å². The quantitative estimate of drug-likeness (QED) is 0.801. The highest BCUT2D eigenvalue weighted by Crippen LogP contribution is 2.27. The molecule has 0 radical (unpaired) electrons. The van der Waals surface area contributed by atoms with Gasteiger partial charge in [0, 0.05) is 31.4 Å². The molecular weight excluding hydrogens is 354 g/mol. The molecule has 2 aromatic carbocycles. The summed E-state index contributed by atoms with van der Waals surface area (Å²) in [7, 11) is 0. The molecule has 3 rings (SSSR count). The van der Waals surface area contributed by atoms with Gasteiger partial charge in [-0.2, -0.15) is 0 Å². The average Bonchev–Trinajstić information content (AvgIpc) is 2.68. The molecule has 2 aromatic rings. The van der Waals surface area contributed by atoms with Crippen LogP contribution >= 0.6 is 0 Å². The average molecular weight is 379 g/mol. The van der Waals surface area contributed by atoms with Crippen molar-refractivity contribution in [3.05, 3.63) is 59.7 Å². The first-order valence-electron chi connectivity index (χ1n) is 9.32. The minimum atomic E-state index is -1.19. The number of amides is 3. The van der Waals surface area contributed by atoms with Crippen molar-refractivity contribution in [1.82, 2.24) is 4.90 Å². The van der Waals surface area contributed by atoms with Gasteiger partial charge < -0.3 is 15.5 Å². The lowest BCUT2D eigenvalue weighted by molar-refractivity contribution is -0.147. The summed E-state index contributed by atoms with van der Waals surface area (Å²) in [5.41, 5.74) is 2.42. The van der Waals surface area contributed by atoms with Crippen LogP contribution in [0.5, 0.6) is 0 Å². The number of fused-ring (bicyclic) bond motifs is 1. The number of nitrogens with zero attached hydrogens (tertiary/aromatic N) is 1. The van der Waals surface area contributed by atoms with Crippen LogP contribution in [-0.4, -0.2) is 29.2 Å². The van der Waals surface area contributed by atoms with Gasteiger partial charge in [0.1, 0.15) is 5.41 Å². The highest BCUT2D eigenvalue weighted by atomic mass is 16.2. The lowest BCUT2D eigenvalue weighted by Crippen LogP contribution is -2.48. The predicted molar refractivity (Wildman–Crippen MR) is 109 cm³/mol. The first-order chi connectivity index (χ1) is 13.3. The van der Waals surface area contributed by atoms with Crippen molar-refractivity contribution in [2.45, 2.75) is 33.7 Å². The molecule has 1 aliphatic rings. The van der Waals surface area contributed by atoms with E-state index in [0.717, 1.165) is 12.0 Å². The minimum Gasteiger partial charge on any atom is -0.337 e. The van der Waals surface area contributed by atoms with Gasteiger partial charge >= 0.3 is 0 Å². The second-order valence-corrected chi connectivity index (χ2v) is 7.58. The van der Waals surface area contributed by atoms with Gasteiger partial charge in [-0.05, 0) is 55.7 Å². The van der Waals surface area contributed by atoms with Gasteiger partial charge in [-0.1, -0.05) is 24.3 Å². The van der Waals surface area contributed by atoms with Crippen LogP contribution in [0.2, 0.25) is 0 Å². The zero-order chi connectivity index (χ0) is 20.3. The molecule has 3 amide bonds. The largest absolute Gasteiger partial charge is 0.337 e. The number of anilines is 2. The molecule has 0 atom stereocenters. The molecule has 6 heteroatoms. The highest BCUT2D eigenvalue weighted by molar-refractivity contribution is 6.10. The van der Waals surface area contributed by atoms with E-state index < -0.39 is 5.41 Å². The minimum absolute atomic E-state index is 0.161. The van der Waals surface area contributed by atoms with Crippen LogP contribution in [0.1, 0.15) is 31.9 Å². The van der Waals surface area contributed by atoms with Crippen LogP contribution in [0.4, 0.5) is 11.4 Å². The Bertz CT molecular complexity index is 903. The number of hydrogen-bond acceptors (Lipinski definition) is 3. The standard InChI is InChI=1S/C22H25N3O3/c1-15(26)23-18-8-10-19(11-9-18)24-20(27)22(2,3)21(28)25-13-12-16-6-4-5-7-17(16)14-25/h4-11H,12-14H2,1-3H3,(H,23,26)(H,24,27). The van der Waals surface area contributed by atoms with Crippen LogP contribution in [0.25, 0.3) is 0 Å². The molecule has 0 aromatic heterocycles. The van der Waals surface area contributed by atoms with Gasteiger partial charge in [-0.15, -0.1) is 0 Å². The zero-order valence-corrected chi connectivity index (χ0v) is 16.4. The SMILES string of the molecule is CC(=O)Nc1ccc(NC(=O)C(C)(C)C(=O)N2CCc3ccccc3C2)cc1. The number of benzene rings is 2. The first-order valence-corrected chi connectivity index (χ1v) is 9.32. The van der Waals surface area contributed by atoms with Crippen LogP contribution in [0, 0.1) is 5.41 Å². The van der Waals surface area contributed by atoms with E-state index in [9.17, 15) is 14.4 Å². The Balaban J connectivity index is 1.67. The van der Waals surface area contributed by atoms with Crippen LogP contribution < -0.4 is 10.6 Å². The fourth-order valence-electron chi connectivity index (χ4n) is 3.29. The molecule has 0 spiro atoms. The summed E-state index contributed by atoms with van der Waals surface area (Å²) in [6, 6.07) is 14.9. The lowest BCUT2D eigenvalue weighted by atomic mass is 9.88. The van der Waals surface area contributed by atoms with Crippen molar-refractivity contribution >= 4 is 29.1 Å². The maximum absolute atomic E-state index is 13.1. The van der Waals surface area contributed by atoms with Crippen LogP contribution in [0.3, 0.4) is 0 Å². The Labute approximate surface area is 164 Å². The molecule has 6 nitrogen and oxygen atoms in total. The summed E-state index contributed by atoms with van der Waals surface area (Å²) in [5, 5.41) is 5.48. The van der Waals surface area contributed by atoms with E-state index in [2.05, 4.69) is 16.7 Å². The Morgan fingerprint density at radius 1 is 0.893 bits per heavy atom. The van der Waals surface area contributed by atoms with Crippen molar-refractivity contribution in [3.63, 3.8) is 0 Å². The molecule has 0 aliphatic carbocycles. The van der Waals surface area contributed by atoms with Crippen molar-refractivity contribution in [1.29, 1.82) is 0 Å². The first kappa shape index (κ1) is 19.6. The van der Waals surface area contributed by atoms with Crippen molar-refractivity contribution in [3.8, 4) is 0 Å². The molecule has 0 saturated carbocycles. The molecule has 1 heterocycles. The van der Waals surface area contributed by atoms with Gasteiger partial charge in [0.25, 0.3) is 0 Å². The Kier molecular flexibility index (Phi) is 5.49. The third kappa shape index (κ3) is 4.22. The van der Waals surface area contributed by atoms with E-state index in [4.69, 9.17) is 0 Å². The lowest BCUT2D eigenvalue weighted by Gasteiger charge is -2.34. The normalized spacial score (nSPS) is 13.5. The van der Waals surface area contributed by atoms with Crippen molar-refractivity contribution in [2.75, 3.05) is 17.2 Å². The smallest absolute Gasteiger partial charge is 0.239 e. The van der Waals surface area contributed by atoms with Crippen molar-refractivity contribution in [2.24, 2.45) is 5.41 Å². The summed E-state index contributed by atoms with van der Waals surface area (Å²) in [5.74, 6) is -0.704. The van der Waals surface area contributed by atoms with E-state index in [1.165, 1.54) is 12.5 Å². The molecule has 28 heavy (non-hydrogen) atoms. The van der Waals surface area contributed by atoms with E-state index in [-0.39, 0.29) is 17.7 Å². The number of carbonyl (C=O) groups is 3. The Morgan fingerprint density at radius 3 is 2.07 bits per heavy atom. The molecular formula is C22H25N3O3. The summed E-state index contributed by atoms with van der Waals surface area (Å²) in [6.45, 7) is 5.87. The Morgan fingerprint density at radius 2 is 1.46 bits per heavy atom. The molecule has 0 saturated heterocycles. The van der Waals surface area contributed by atoms with Gasteiger partial charge in [0.2, 0.25) is 17.7 Å². The summed E-state index contributed by atoms with van der Waals surface area (Å²) in [6.07, 6.45) is 0.796. The fourth-order valence-corrected chi connectivity index (χ4v) is 3.29. The third-order valence-corrected chi connectivity index (χ3v) is 4.98. The maximum atomic E-state index is 13.1. The third-order valence-electron chi connectivity index (χ3n) is 4.98. The fraction of sp³-hybridized carbons (Fsp3) is 0.318. The van der Waals surface area contributed by atoms with Crippen LogP contribution in [-0.2, 0) is 27.3 Å². The number of rotatable bonds is 4. The van der Waals surface area contributed by atoms with E-state index in [0.29, 0.717) is 24.5 Å². The van der Waals surface area contributed by atoms with Gasteiger partial charge in [0.05, 0.1) is 0 Å². The molecule has 2 N–H and O–H groups in total. The molecule has 1 aliphatic heterocycles. The summed E-state index contributed by atoms with van der Waals surface area (Å²) in [4.78, 5) is 38.7.